The van der Waals surface area contributed by atoms with E-state index in [-0.39, 0.29) is 30.2 Å². The number of rotatable bonds is 7. The van der Waals surface area contributed by atoms with E-state index in [2.05, 4.69) is 5.32 Å². The lowest BCUT2D eigenvalue weighted by molar-refractivity contribution is -0.0327. The predicted octanol–water partition coefficient (Wildman–Crippen LogP) is 1.99. The lowest BCUT2D eigenvalue weighted by Crippen LogP contribution is -2.31. The quantitative estimate of drug-likeness (QED) is 0.657. The van der Waals surface area contributed by atoms with Crippen molar-refractivity contribution in [3.05, 3.63) is 0 Å². The van der Waals surface area contributed by atoms with Crippen LogP contribution in [0, 0.1) is 0 Å². The Labute approximate surface area is 86.3 Å². The Hall–Kier alpha value is 0.0600. The van der Waals surface area contributed by atoms with Gasteiger partial charge >= 0.3 is 5.51 Å². The minimum absolute atomic E-state index is 0.0193. The van der Waals surface area contributed by atoms with Gasteiger partial charge in [0, 0.05) is 24.9 Å². The molecule has 0 aliphatic rings. The third-order valence-electron chi connectivity index (χ3n) is 1.77. The van der Waals surface area contributed by atoms with Crippen molar-refractivity contribution in [3.8, 4) is 0 Å². The molecule has 0 radical (unpaired) electrons. The second-order valence-corrected chi connectivity index (χ2v) is 4.03. The Balaban J connectivity index is 3.42. The fourth-order valence-corrected chi connectivity index (χ4v) is 1.49. The molecule has 0 fully saturated rings. The summed E-state index contributed by atoms with van der Waals surface area (Å²) in [7, 11) is 0. The van der Waals surface area contributed by atoms with Gasteiger partial charge in [0.25, 0.3) is 0 Å². The van der Waals surface area contributed by atoms with Crippen LogP contribution >= 0.6 is 11.8 Å². The van der Waals surface area contributed by atoms with E-state index in [4.69, 9.17) is 5.11 Å². The summed E-state index contributed by atoms with van der Waals surface area (Å²) in [6.07, 6.45) is 1.41. The summed E-state index contributed by atoms with van der Waals surface area (Å²) in [6, 6.07) is 0.119. The SMILES string of the molecule is CCC(CCO)NCCSC(F)(F)F. The summed E-state index contributed by atoms with van der Waals surface area (Å²) in [5.74, 6) is 0.0193. The first-order valence-electron chi connectivity index (χ1n) is 4.54. The zero-order chi connectivity index (χ0) is 11.0. The molecule has 0 aliphatic carbocycles. The fourth-order valence-electron chi connectivity index (χ4n) is 1.04. The average molecular weight is 231 g/mol. The second kappa shape index (κ2) is 7.36. The van der Waals surface area contributed by atoms with E-state index in [1.54, 1.807) is 0 Å². The molecule has 86 valence electrons. The second-order valence-electron chi connectivity index (χ2n) is 2.87. The number of aliphatic hydroxyl groups excluding tert-OH is 1. The van der Waals surface area contributed by atoms with Crippen molar-refractivity contribution in [1.82, 2.24) is 5.32 Å². The molecule has 0 aromatic heterocycles. The van der Waals surface area contributed by atoms with Crippen molar-refractivity contribution in [1.29, 1.82) is 0 Å². The zero-order valence-corrected chi connectivity index (χ0v) is 8.92. The molecule has 14 heavy (non-hydrogen) atoms. The Morgan fingerprint density at radius 2 is 2.07 bits per heavy atom. The number of aliphatic hydroxyl groups is 1. The van der Waals surface area contributed by atoms with Gasteiger partial charge in [-0.05, 0) is 24.6 Å². The molecule has 0 saturated heterocycles. The first-order chi connectivity index (χ1) is 6.49. The van der Waals surface area contributed by atoms with Gasteiger partial charge in [-0.2, -0.15) is 13.2 Å². The van der Waals surface area contributed by atoms with Gasteiger partial charge in [-0.25, -0.2) is 0 Å². The Morgan fingerprint density at radius 1 is 1.43 bits per heavy atom. The Kier molecular flexibility index (Phi) is 7.40. The molecule has 2 N–H and O–H groups in total. The highest BCUT2D eigenvalue weighted by Gasteiger charge is 2.27. The van der Waals surface area contributed by atoms with Crippen LogP contribution in [0.25, 0.3) is 0 Å². The number of nitrogens with one attached hydrogen (secondary N) is 1. The zero-order valence-electron chi connectivity index (χ0n) is 8.10. The lowest BCUT2D eigenvalue weighted by atomic mass is 10.1. The summed E-state index contributed by atoms with van der Waals surface area (Å²) < 4.78 is 35.1. The molecule has 0 heterocycles. The van der Waals surface area contributed by atoms with Crippen LogP contribution in [0.1, 0.15) is 19.8 Å². The molecular formula is C8H16F3NOS. The Bertz CT molecular complexity index is 143. The van der Waals surface area contributed by atoms with Crippen molar-refractivity contribution < 1.29 is 18.3 Å². The van der Waals surface area contributed by atoms with Crippen LogP contribution in [0.3, 0.4) is 0 Å². The smallest absolute Gasteiger partial charge is 0.396 e. The third kappa shape index (κ3) is 8.65. The van der Waals surface area contributed by atoms with Crippen molar-refractivity contribution in [2.24, 2.45) is 0 Å². The first kappa shape index (κ1) is 14.1. The molecule has 2 nitrogen and oxygen atoms in total. The van der Waals surface area contributed by atoms with E-state index in [0.29, 0.717) is 13.0 Å². The number of hydrogen-bond donors (Lipinski definition) is 2. The van der Waals surface area contributed by atoms with Crippen LogP contribution in [-0.2, 0) is 0 Å². The van der Waals surface area contributed by atoms with E-state index < -0.39 is 5.51 Å². The van der Waals surface area contributed by atoms with Crippen molar-refractivity contribution >= 4 is 11.8 Å². The van der Waals surface area contributed by atoms with Gasteiger partial charge in [0.15, 0.2) is 0 Å². The van der Waals surface area contributed by atoms with E-state index in [9.17, 15) is 13.2 Å². The van der Waals surface area contributed by atoms with Gasteiger partial charge in [-0.1, -0.05) is 6.92 Å². The van der Waals surface area contributed by atoms with Crippen LogP contribution in [0.5, 0.6) is 0 Å². The molecule has 0 bridgehead atoms. The third-order valence-corrected chi connectivity index (χ3v) is 2.51. The molecule has 0 amide bonds. The monoisotopic (exact) mass is 231 g/mol. The van der Waals surface area contributed by atoms with E-state index in [0.717, 1.165) is 6.42 Å². The average Bonchev–Trinajstić information content (AvgIpc) is 2.08. The summed E-state index contributed by atoms with van der Waals surface area (Å²) in [6.45, 7) is 2.32. The van der Waals surface area contributed by atoms with E-state index in [1.165, 1.54) is 0 Å². The minimum atomic E-state index is -4.14. The lowest BCUT2D eigenvalue weighted by Gasteiger charge is -2.15. The fraction of sp³-hybridized carbons (Fsp3) is 1.00. The van der Waals surface area contributed by atoms with E-state index >= 15 is 0 Å². The maximum absolute atomic E-state index is 11.7. The number of thioether (sulfide) groups is 1. The van der Waals surface area contributed by atoms with Crippen molar-refractivity contribution in [2.75, 3.05) is 18.9 Å². The summed E-state index contributed by atoms with van der Waals surface area (Å²) >= 11 is -0.0209. The first-order valence-corrected chi connectivity index (χ1v) is 5.53. The van der Waals surface area contributed by atoms with Gasteiger partial charge in [-0.15, -0.1) is 0 Å². The number of halogens is 3. The summed E-state index contributed by atoms with van der Waals surface area (Å²) in [5, 5.41) is 11.6. The molecule has 0 rings (SSSR count). The normalized spacial score (nSPS) is 14.4. The van der Waals surface area contributed by atoms with Crippen LogP contribution in [-0.4, -0.2) is 35.6 Å². The molecule has 6 heteroatoms. The van der Waals surface area contributed by atoms with Crippen LogP contribution < -0.4 is 5.32 Å². The minimum Gasteiger partial charge on any atom is -0.396 e. The van der Waals surface area contributed by atoms with Gasteiger partial charge in [0.2, 0.25) is 0 Å². The Morgan fingerprint density at radius 3 is 2.50 bits per heavy atom. The van der Waals surface area contributed by atoms with Gasteiger partial charge in [0.1, 0.15) is 0 Å². The maximum Gasteiger partial charge on any atom is 0.441 e. The largest absolute Gasteiger partial charge is 0.441 e. The number of hydrogen-bond acceptors (Lipinski definition) is 3. The maximum atomic E-state index is 11.7. The highest BCUT2D eigenvalue weighted by molar-refractivity contribution is 8.00. The van der Waals surface area contributed by atoms with Crippen LogP contribution in [0.2, 0.25) is 0 Å². The summed E-state index contributed by atoms with van der Waals surface area (Å²) in [5.41, 5.74) is -4.14. The van der Waals surface area contributed by atoms with Crippen molar-refractivity contribution in [3.63, 3.8) is 0 Å². The predicted molar refractivity (Wildman–Crippen MR) is 52.3 cm³/mol. The van der Waals surface area contributed by atoms with Gasteiger partial charge < -0.3 is 10.4 Å². The number of alkyl halides is 3. The molecule has 0 aliphatic heterocycles. The van der Waals surface area contributed by atoms with Gasteiger partial charge in [-0.3, -0.25) is 0 Å². The van der Waals surface area contributed by atoms with E-state index in [1.807, 2.05) is 6.92 Å². The highest BCUT2D eigenvalue weighted by atomic mass is 32.2. The molecule has 1 unspecified atom stereocenters. The molecular weight excluding hydrogens is 215 g/mol. The topological polar surface area (TPSA) is 32.3 Å². The molecule has 0 saturated carbocycles. The van der Waals surface area contributed by atoms with Crippen LogP contribution in [0.4, 0.5) is 13.2 Å². The van der Waals surface area contributed by atoms with Crippen LogP contribution in [0.15, 0.2) is 0 Å². The standard InChI is InChI=1S/C8H16F3NOS/c1-2-7(3-5-13)12-4-6-14-8(9,10)11/h7,12-13H,2-6H2,1H3. The molecule has 0 aromatic carbocycles. The highest BCUT2D eigenvalue weighted by Crippen LogP contribution is 2.29. The van der Waals surface area contributed by atoms with Gasteiger partial charge in [0.05, 0.1) is 0 Å². The van der Waals surface area contributed by atoms with Crippen molar-refractivity contribution in [2.45, 2.75) is 31.3 Å². The molecule has 0 aromatic rings. The molecule has 1 atom stereocenters. The molecule has 0 spiro atoms. The summed E-state index contributed by atoms with van der Waals surface area (Å²) in [4.78, 5) is 0.